The predicted molar refractivity (Wildman–Crippen MR) is 89.3 cm³/mol. The highest BCUT2D eigenvalue weighted by Gasteiger charge is 2.19. The molecular formula is C18H35NO2. The monoisotopic (exact) mass is 297 g/mol. The second-order valence-electron chi connectivity index (χ2n) is 6.48. The maximum atomic E-state index is 11.8. The van der Waals surface area contributed by atoms with Crippen molar-refractivity contribution in [3.63, 3.8) is 0 Å². The molecule has 0 rings (SSSR count). The van der Waals surface area contributed by atoms with Crippen LogP contribution in [0.5, 0.6) is 0 Å². The SMILES string of the molecule is CCCCCCCCCCCC(=O)N[C@H](C(C)=O)C(C)C. The molecule has 0 aliphatic heterocycles. The molecule has 1 amide bonds. The number of amides is 1. The fourth-order valence-electron chi connectivity index (χ4n) is 2.58. The minimum atomic E-state index is -0.323. The molecular weight excluding hydrogens is 262 g/mol. The number of nitrogens with one attached hydrogen (secondary N) is 1. The number of Topliss-reactive ketones (excluding diaryl/α,β-unsaturated/α-hetero) is 1. The Morgan fingerprint density at radius 1 is 0.857 bits per heavy atom. The zero-order valence-corrected chi connectivity index (χ0v) is 14.5. The second kappa shape index (κ2) is 12.8. The van der Waals surface area contributed by atoms with Gasteiger partial charge in [-0.1, -0.05) is 72.1 Å². The van der Waals surface area contributed by atoms with Crippen LogP contribution in [0.4, 0.5) is 0 Å². The summed E-state index contributed by atoms with van der Waals surface area (Å²) in [5.41, 5.74) is 0. The van der Waals surface area contributed by atoms with Crippen LogP contribution in [-0.2, 0) is 9.59 Å². The average molecular weight is 297 g/mol. The molecule has 0 heterocycles. The fourth-order valence-corrected chi connectivity index (χ4v) is 2.58. The fraction of sp³-hybridized carbons (Fsp3) is 0.889. The molecule has 0 bridgehead atoms. The van der Waals surface area contributed by atoms with Crippen LogP contribution in [0.1, 0.15) is 91.9 Å². The van der Waals surface area contributed by atoms with E-state index in [1.165, 1.54) is 44.9 Å². The van der Waals surface area contributed by atoms with Crippen LogP contribution in [0.2, 0.25) is 0 Å². The summed E-state index contributed by atoms with van der Waals surface area (Å²) < 4.78 is 0. The van der Waals surface area contributed by atoms with Crippen LogP contribution in [0.25, 0.3) is 0 Å². The van der Waals surface area contributed by atoms with Crippen molar-refractivity contribution in [2.45, 2.75) is 97.9 Å². The number of unbranched alkanes of at least 4 members (excludes halogenated alkanes) is 8. The van der Waals surface area contributed by atoms with Gasteiger partial charge in [0, 0.05) is 6.42 Å². The van der Waals surface area contributed by atoms with Crippen LogP contribution < -0.4 is 5.32 Å². The van der Waals surface area contributed by atoms with E-state index in [1.54, 1.807) is 6.92 Å². The summed E-state index contributed by atoms with van der Waals surface area (Å²) >= 11 is 0. The van der Waals surface area contributed by atoms with Crippen molar-refractivity contribution in [1.29, 1.82) is 0 Å². The van der Waals surface area contributed by atoms with E-state index in [1.807, 2.05) is 13.8 Å². The van der Waals surface area contributed by atoms with E-state index in [0.29, 0.717) is 6.42 Å². The lowest BCUT2D eigenvalue weighted by Crippen LogP contribution is -2.43. The van der Waals surface area contributed by atoms with E-state index < -0.39 is 0 Å². The summed E-state index contributed by atoms with van der Waals surface area (Å²) in [7, 11) is 0. The minimum absolute atomic E-state index is 0.0202. The van der Waals surface area contributed by atoms with Gasteiger partial charge in [-0.15, -0.1) is 0 Å². The lowest BCUT2D eigenvalue weighted by Gasteiger charge is -2.19. The lowest BCUT2D eigenvalue weighted by molar-refractivity contribution is -0.127. The number of ketones is 1. The molecule has 0 aromatic heterocycles. The second-order valence-corrected chi connectivity index (χ2v) is 6.48. The highest BCUT2D eigenvalue weighted by molar-refractivity contribution is 5.87. The predicted octanol–water partition coefficient (Wildman–Crippen LogP) is 4.64. The molecule has 0 spiro atoms. The third kappa shape index (κ3) is 11.5. The Balaban J connectivity index is 3.55. The van der Waals surface area contributed by atoms with Gasteiger partial charge in [0.05, 0.1) is 6.04 Å². The molecule has 0 aliphatic carbocycles. The van der Waals surface area contributed by atoms with Gasteiger partial charge in [0.2, 0.25) is 5.91 Å². The van der Waals surface area contributed by atoms with Gasteiger partial charge >= 0.3 is 0 Å². The van der Waals surface area contributed by atoms with E-state index in [9.17, 15) is 9.59 Å². The van der Waals surface area contributed by atoms with Gasteiger partial charge in [-0.05, 0) is 19.3 Å². The lowest BCUT2D eigenvalue weighted by atomic mass is 10.0. The van der Waals surface area contributed by atoms with Crippen molar-refractivity contribution in [3.05, 3.63) is 0 Å². The summed E-state index contributed by atoms with van der Waals surface area (Å²) in [6, 6.07) is -0.323. The molecule has 0 unspecified atom stereocenters. The van der Waals surface area contributed by atoms with Crippen molar-refractivity contribution >= 4 is 11.7 Å². The molecule has 21 heavy (non-hydrogen) atoms. The molecule has 3 heteroatoms. The first-order chi connectivity index (χ1) is 9.99. The maximum absolute atomic E-state index is 11.8. The summed E-state index contributed by atoms with van der Waals surface area (Å²) in [4.78, 5) is 23.2. The first-order valence-electron chi connectivity index (χ1n) is 8.78. The van der Waals surface area contributed by atoms with Crippen molar-refractivity contribution < 1.29 is 9.59 Å². The number of rotatable bonds is 13. The number of carbonyl (C=O) groups excluding carboxylic acids is 2. The molecule has 1 N–H and O–H groups in total. The van der Waals surface area contributed by atoms with E-state index in [2.05, 4.69) is 12.2 Å². The quantitative estimate of drug-likeness (QED) is 0.503. The summed E-state index contributed by atoms with van der Waals surface area (Å²) in [5, 5.41) is 2.85. The molecule has 3 nitrogen and oxygen atoms in total. The molecule has 0 aliphatic rings. The Bertz CT molecular complexity index is 287. The van der Waals surface area contributed by atoms with Crippen LogP contribution >= 0.6 is 0 Å². The molecule has 0 aromatic carbocycles. The van der Waals surface area contributed by atoms with Crippen LogP contribution in [0, 0.1) is 5.92 Å². The Morgan fingerprint density at radius 3 is 1.76 bits per heavy atom. The van der Waals surface area contributed by atoms with Crippen LogP contribution in [-0.4, -0.2) is 17.7 Å². The smallest absolute Gasteiger partial charge is 0.220 e. The minimum Gasteiger partial charge on any atom is -0.346 e. The Morgan fingerprint density at radius 2 is 1.33 bits per heavy atom. The van der Waals surface area contributed by atoms with Crippen molar-refractivity contribution in [3.8, 4) is 0 Å². The van der Waals surface area contributed by atoms with Crippen molar-refractivity contribution in [2.24, 2.45) is 5.92 Å². The first-order valence-corrected chi connectivity index (χ1v) is 8.78. The molecule has 0 saturated heterocycles. The largest absolute Gasteiger partial charge is 0.346 e. The standard InChI is InChI=1S/C18H35NO2/c1-5-6-7-8-9-10-11-12-13-14-17(21)19-18(15(2)3)16(4)20/h15,18H,5-14H2,1-4H3,(H,19,21)/t18-/m0/s1. The van der Waals surface area contributed by atoms with Crippen LogP contribution in [0.3, 0.4) is 0 Å². The highest BCUT2D eigenvalue weighted by Crippen LogP contribution is 2.11. The summed E-state index contributed by atoms with van der Waals surface area (Å²) in [6.45, 7) is 7.71. The zero-order chi connectivity index (χ0) is 16.1. The molecule has 0 saturated carbocycles. The Labute approximate surface area is 131 Å². The molecule has 0 aromatic rings. The van der Waals surface area contributed by atoms with E-state index in [-0.39, 0.29) is 23.7 Å². The summed E-state index contributed by atoms with van der Waals surface area (Å²) in [6.07, 6.45) is 11.8. The summed E-state index contributed by atoms with van der Waals surface area (Å²) in [5.74, 6) is 0.229. The highest BCUT2D eigenvalue weighted by atomic mass is 16.2. The maximum Gasteiger partial charge on any atom is 0.220 e. The Hall–Kier alpha value is -0.860. The van der Waals surface area contributed by atoms with E-state index in [0.717, 1.165) is 12.8 Å². The third-order valence-corrected chi connectivity index (χ3v) is 3.93. The van der Waals surface area contributed by atoms with Gasteiger partial charge in [-0.2, -0.15) is 0 Å². The number of hydrogen-bond acceptors (Lipinski definition) is 2. The molecule has 0 fully saturated rings. The van der Waals surface area contributed by atoms with Gasteiger partial charge in [0.25, 0.3) is 0 Å². The van der Waals surface area contributed by atoms with Crippen LogP contribution in [0.15, 0.2) is 0 Å². The van der Waals surface area contributed by atoms with E-state index in [4.69, 9.17) is 0 Å². The Kier molecular flexibility index (Phi) is 12.3. The number of hydrogen-bond donors (Lipinski definition) is 1. The van der Waals surface area contributed by atoms with Gasteiger partial charge < -0.3 is 5.32 Å². The van der Waals surface area contributed by atoms with Gasteiger partial charge in [-0.25, -0.2) is 0 Å². The first kappa shape index (κ1) is 20.1. The molecule has 0 radical (unpaired) electrons. The van der Waals surface area contributed by atoms with Crippen molar-refractivity contribution in [2.75, 3.05) is 0 Å². The van der Waals surface area contributed by atoms with Gasteiger partial charge in [0.15, 0.2) is 5.78 Å². The van der Waals surface area contributed by atoms with E-state index >= 15 is 0 Å². The van der Waals surface area contributed by atoms with Crippen molar-refractivity contribution in [1.82, 2.24) is 5.32 Å². The zero-order valence-electron chi connectivity index (χ0n) is 14.5. The third-order valence-electron chi connectivity index (χ3n) is 3.93. The normalized spacial score (nSPS) is 12.4. The average Bonchev–Trinajstić information content (AvgIpc) is 2.42. The molecule has 124 valence electrons. The van der Waals surface area contributed by atoms with Gasteiger partial charge in [-0.3, -0.25) is 9.59 Å². The van der Waals surface area contributed by atoms with Gasteiger partial charge in [0.1, 0.15) is 0 Å². The topological polar surface area (TPSA) is 46.2 Å². The molecule has 1 atom stereocenters. The number of carbonyl (C=O) groups is 2.